The van der Waals surface area contributed by atoms with Gasteiger partial charge in [0.25, 0.3) is 5.91 Å². The molecule has 0 radical (unpaired) electrons. The molecule has 16 heavy (non-hydrogen) atoms. The molecule has 2 heterocycles. The molecule has 0 unspecified atom stereocenters. The van der Waals surface area contributed by atoms with Gasteiger partial charge in [0, 0.05) is 19.2 Å². The van der Waals surface area contributed by atoms with Crippen LogP contribution in [0.1, 0.15) is 16.1 Å². The van der Waals surface area contributed by atoms with Crippen LogP contribution in [0.4, 0.5) is 0 Å². The van der Waals surface area contributed by atoms with Gasteiger partial charge in [-0.05, 0) is 34.1 Å². The molecular weight excluding hydrogens is 274 g/mol. The zero-order valence-electron chi connectivity index (χ0n) is 8.64. The first-order valence-electron chi connectivity index (χ1n) is 4.68. The molecule has 84 valence electrons. The minimum Gasteiger partial charge on any atom is -0.472 e. The van der Waals surface area contributed by atoms with Gasteiger partial charge in [-0.2, -0.15) is 0 Å². The van der Waals surface area contributed by atoms with E-state index in [-0.39, 0.29) is 5.91 Å². The monoisotopic (exact) mass is 283 g/mol. The van der Waals surface area contributed by atoms with E-state index < -0.39 is 0 Å². The Balaban J connectivity index is 2.05. The minimum absolute atomic E-state index is 0.160. The summed E-state index contributed by atoms with van der Waals surface area (Å²) in [4.78, 5) is 13.4. The fourth-order valence-electron chi connectivity index (χ4n) is 1.35. The number of nitrogens with zero attached hydrogens (tertiary/aromatic N) is 1. The Morgan fingerprint density at radius 3 is 2.81 bits per heavy atom. The Bertz CT molecular complexity index is 475. The molecule has 2 aromatic heterocycles. The Morgan fingerprint density at radius 1 is 1.44 bits per heavy atom. The van der Waals surface area contributed by atoms with E-state index in [4.69, 9.17) is 8.83 Å². The van der Waals surface area contributed by atoms with Gasteiger partial charge in [-0.15, -0.1) is 0 Å². The maximum Gasteiger partial charge on any atom is 0.289 e. The molecule has 0 aromatic carbocycles. The first-order chi connectivity index (χ1) is 7.66. The van der Waals surface area contributed by atoms with Crippen molar-refractivity contribution in [1.29, 1.82) is 0 Å². The van der Waals surface area contributed by atoms with E-state index in [1.807, 2.05) is 6.07 Å². The molecule has 0 saturated heterocycles. The topological polar surface area (TPSA) is 46.6 Å². The number of rotatable bonds is 3. The highest BCUT2D eigenvalue weighted by Gasteiger charge is 2.15. The molecule has 0 N–H and O–H groups in total. The van der Waals surface area contributed by atoms with Crippen LogP contribution in [-0.4, -0.2) is 17.9 Å². The molecule has 0 aliphatic carbocycles. The zero-order chi connectivity index (χ0) is 11.5. The summed E-state index contributed by atoms with van der Waals surface area (Å²) in [5, 5.41) is 0. The van der Waals surface area contributed by atoms with Crippen LogP contribution in [0.25, 0.3) is 0 Å². The predicted molar refractivity (Wildman–Crippen MR) is 60.9 cm³/mol. The molecule has 0 spiro atoms. The summed E-state index contributed by atoms with van der Waals surface area (Å²) in [5.74, 6) is 0.157. The predicted octanol–water partition coefficient (Wildman–Crippen LogP) is 2.91. The van der Waals surface area contributed by atoms with Gasteiger partial charge in [0.2, 0.25) is 0 Å². The molecule has 0 aliphatic heterocycles. The first kappa shape index (κ1) is 11.0. The van der Waals surface area contributed by atoms with E-state index in [0.717, 1.165) is 5.56 Å². The van der Waals surface area contributed by atoms with Crippen LogP contribution in [-0.2, 0) is 6.54 Å². The second-order valence-corrected chi connectivity index (χ2v) is 4.18. The number of halogens is 1. The van der Waals surface area contributed by atoms with Crippen LogP contribution >= 0.6 is 15.9 Å². The normalized spacial score (nSPS) is 10.4. The molecule has 5 heteroatoms. The van der Waals surface area contributed by atoms with Crippen molar-refractivity contribution in [3.8, 4) is 0 Å². The third-order valence-corrected chi connectivity index (χ3v) is 2.56. The minimum atomic E-state index is -0.160. The summed E-state index contributed by atoms with van der Waals surface area (Å²) in [6.45, 7) is 0.494. The van der Waals surface area contributed by atoms with Gasteiger partial charge in [-0.25, -0.2) is 0 Å². The molecule has 0 aliphatic rings. The smallest absolute Gasteiger partial charge is 0.289 e. The molecule has 0 atom stereocenters. The van der Waals surface area contributed by atoms with Crippen LogP contribution < -0.4 is 0 Å². The maximum atomic E-state index is 11.9. The van der Waals surface area contributed by atoms with Crippen LogP contribution in [0, 0.1) is 0 Å². The quantitative estimate of drug-likeness (QED) is 0.870. The van der Waals surface area contributed by atoms with Crippen molar-refractivity contribution in [1.82, 2.24) is 4.90 Å². The molecule has 1 amide bonds. The molecule has 2 aromatic rings. The van der Waals surface area contributed by atoms with Crippen molar-refractivity contribution >= 4 is 21.8 Å². The average Bonchev–Trinajstić information content (AvgIpc) is 2.88. The summed E-state index contributed by atoms with van der Waals surface area (Å²) in [5.41, 5.74) is 0.946. The number of hydrogen-bond acceptors (Lipinski definition) is 3. The fraction of sp³-hybridized carbons (Fsp3) is 0.182. The highest BCUT2D eigenvalue weighted by molar-refractivity contribution is 9.10. The maximum absolute atomic E-state index is 11.9. The molecule has 0 bridgehead atoms. The van der Waals surface area contributed by atoms with Crippen LogP contribution in [0.5, 0.6) is 0 Å². The second-order valence-electron chi connectivity index (χ2n) is 3.40. The number of hydrogen-bond donors (Lipinski definition) is 0. The van der Waals surface area contributed by atoms with Gasteiger partial charge in [0.05, 0.1) is 12.5 Å². The Kier molecular flexibility index (Phi) is 3.14. The van der Waals surface area contributed by atoms with Gasteiger partial charge in [0.1, 0.15) is 0 Å². The Labute approximate surface area is 101 Å². The molecular formula is C11H10BrNO3. The highest BCUT2D eigenvalue weighted by Crippen LogP contribution is 2.16. The van der Waals surface area contributed by atoms with Crippen molar-refractivity contribution in [2.45, 2.75) is 6.54 Å². The van der Waals surface area contributed by atoms with E-state index in [1.165, 1.54) is 0 Å². The lowest BCUT2D eigenvalue weighted by Crippen LogP contribution is -2.25. The summed E-state index contributed by atoms with van der Waals surface area (Å²) < 4.78 is 10.7. The van der Waals surface area contributed by atoms with Gasteiger partial charge < -0.3 is 13.7 Å². The first-order valence-corrected chi connectivity index (χ1v) is 5.48. The van der Waals surface area contributed by atoms with Crippen molar-refractivity contribution in [3.05, 3.63) is 46.7 Å². The van der Waals surface area contributed by atoms with Crippen molar-refractivity contribution < 1.29 is 13.6 Å². The van der Waals surface area contributed by atoms with Crippen LogP contribution in [0.15, 0.2) is 44.2 Å². The summed E-state index contributed by atoms with van der Waals surface area (Å²) in [7, 11) is 1.71. The summed E-state index contributed by atoms with van der Waals surface area (Å²) in [6.07, 6.45) is 3.19. The number of carbonyl (C=O) groups excluding carboxylic acids is 1. The lowest BCUT2D eigenvalue weighted by molar-refractivity contribution is 0.0752. The van der Waals surface area contributed by atoms with Crippen LogP contribution in [0.3, 0.4) is 0 Å². The number of amides is 1. The third kappa shape index (κ3) is 2.36. The number of carbonyl (C=O) groups is 1. The zero-order valence-corrected chi connectivity index (χ0v) is 10.2. The van der Waals surface area contributed by atoms with E-state index in [1.54, 1.807) is 36.6 Å². The van der Waals surface area contributed by atoms with Gasteiger partial charge in [0.15, 0.2) is 10.4 Å². The van der Waals surface area contributed by atoms with E-state index in [2.05, 4.69) is 15.9 Å². The van der Waals surface area contributed by atoms with Gasteiger partial charge in [-0.3, -0.25) is 4.79 Å². The number of furan rings is 2. The van der Waals surface area contributed by atoms with E-state index >= 15 is 0 Å². The molecule has 0 saturated carbocycles. The Hall–Kier alpha value is -1.49. The van der Waals surface area contributed by atoms with Crippen LogP contribution in [0.2, 0.25) is 0 Å². The average molecular weight is 284 g/mol. The SMILES string of the molecule is CN(Cc1ccoc1)C(=O)c1ccc(Br)o1. The second kappa shape index (κ2) is 4.57. The highest BCUT2D eigenvalue weighted by atomic mass is 79.9. The van der Waals surface area contributed by atoms with E-state index in [0.29, 0.717) is 17.0 Å². The standard InChI is InChI=1S/C11H10BrNO3/c1-13(6-8-4-5-15-7-8)11(14)9-2-3-10(12)16-9/h2-5,7H,6H2,1H3. The van der Waals surface area contributed by atoms with Crippen molar-refractivity contribution in [2.75, 3.05) is 7.05 Å². The van der Waals surface area contributed by atoms with Gasteiger partial charge in [-0.1, -0.05) is 0 Å². The molecule has 2 rings (SSSR count). The van der Waals surface area contributed by atoms with Crippen molar-refractivity contribution in [3.63, 3.8) is 0 Å². The van der Waals surface area contributed by atoms with Gasteiger partial charge >= 0.3 is 0 Å². The summed E-state index contributed by atoms with van der Waals surface area (Å²) in [6, 6.07) is 5.15. The largest absolute Gasteiger partial charge is 0.472 e. The lowest BCUT2D eigenvalue weighted by atomic mass is 10.3. The Morgan fingerprint density at radius 2 is 2.25 bits per heavy atom. The third-order valence-electron chi connectivity index (χ3n) is 2.13. The fourth-order valence-corrected chi connectivity index (χ4v) is 1.65. The van der Waals surface area contributed by atoms with Crippen molar-refractivity contribution in [2.24, 2.45) is 0 Å². The molecule has 4 nitrogen and oxygen atoms in total. The lowest BCUT2D eigenvalue weighted by Gasteiger charge is -2.14. The summed E-state index contributed by atoms with van der Waals surface area (Å²) >= 11 is 3.16. The van der Waals surface area contributed by atoms with E-state index in [9.17, 15) is 4.79 Å². The molecule has 0 fully saturated rings.